The summed E-state index contributed by atoms with van der Waals surface area (Å²) in [6, 6.07) is 8.16. The molecule has 5 nitrogen and oxygen atoms in total. The molecule has 2 aliphatic heterocycles. The van der Waals surface area contributed by atoms with Crippen molar-refractivity contribution in [3.63, 3.8) is 0 Å². The summed E-state index contributed by atoms with van der Waals surface area (Å²) in [5.41, 5.74) is 3.35. The van der Waals surface area contributed by atoms with Crippen LogP contribution in [0.4, 0.5) is 0 Å². The summed E-state index contributed by atoms with van der Waals surface area (Å²) >= 11 is 0. The molecule has 2 aromatic rings. The molecule has 0 saturated carbocycles. The number of morpholine rings is 1. The average molecular weight is 309 g/mol. The molecule has 0 bridgehead atoms. The molecule has 2 aliphatic rings. The number of benzene rings is 1. The lowest BCUT2D eigenvalue weighted by molar-refractivity contribution is -0.0296. The van der Waals surface area contributed by atoms with Crippen molar-refractivity contribution < 1.29 is 9.47 Å². The first-order chi connectivity index (χ1) is 11.4. The Morgan fingerprint density at radius 3 is 3.09 bits per heavy atom. The lowest BCUT2D eigenvalue weighted by Gasteiger charge is -2.33. The van der Waals surface area contributed by atoms with E-state index in [1.165, 1.54) is 5.57 Å². The van der Waals surface area contributed by atoms with E-state index in [0.29, 0.717) is 13.2 Å². The second kappa shape index (κ2) is 6.48. The van der Waals surface area contributed by atoms with Crippen molar-refractivity contribution in [3.05, 3.63) is 59.7 Å². The van der Waals surface area contributed by atoms with E-state index in [2.05, 4.69) is 27.0 Å². The zero-order valence-corrected chi connectivity index (χ0v) is 12.9. The molecule has 0 aliphatic carbocycles. The number of nitrogens with zero attached hydrogens (tertiary/aromatic N) is 3. The Labute approximate surface area is 135 Å². The monoisotopic (exact) mass is 309 g/mol. The van der Waals surface area contributed by atoms with Crippen molar-refractivity contribution in [1.82, 2.24) is 14.9 Å². The molecule has 1 fully saturated rings. The van der Waals surface area contributed by atoms with E-state index in [9.17, 15) is 0 Å². The van der Waals surface area contributed by atoms with Gasteiger partial charge >= 0.3 is 0 Å². The summed E-state index contributed by atoms with van der Waals surface area (Å²) in [4.78, 5) is 10.9. The highest BCUT2D eigenvalue weighted by atomic mass is 16.5. The Bertz CT molecular complexity index is 702. The molecule has 1 unspecified atom stereocenters. The van der Waals surface area contributed by atoms with Crippen molar-refractivity contribution in [2.75, 3.05) is 32.8 Å². The standard InChI is InChI=1S/C18H19N3O2/c1-2-4-17-15(3-1)9-14(13-23-17)11-21-7-8-22-18(12-21)16-10-19-5-6-20-16/h1-6,9-10,18H,7-8,11-13H2. The van der Waals surface area contributed by atoms with Crippen molar-refractivity contribution in [2.24, 2.45) is 0 Å². The van der Waals surface area contributed by atoms with Gasteiger partial charge in [-0.3, -0.25) is 14.9 Å². The Hall–Kier alpha value is -2.24. The topological polar surface area (TPSA) is 47.5 Å². The average Bonchev–Trinajstić information content (AvgIpc) is 2.63. The number of aromatic nitrogens is 2. The fourth-order valence-electron chi connectivity index (χ4n) is 3.04. The number of hydrogen-bond donors (Lipinski definition) is 0. The van der Waals surface area contributed by atoms with Gasteiger partial charge in [0.15, 0.2) is 0 Å². The van der Waals surface area contributed by atoms with E-state index >= 15 is 0 Å². The third-order valence-electron chi connectivity index (χ3n) is 4.18. The largest absolute Gasteiger partial charge is 0.489 e. The van der Waals surface area contributed by atoms with Crippen LogP contribution in [0.1, 0.15) is 17.4 Å². The molecular weight excluding hydrogens is 290 g/mol. The maximum Gasteiger partial charge on any atom is 0.127 e. The molecule has 23 heavy (non-hydrogen) atoms. The molecule has 4 rings (SSSR count). The molecule has 0 radical (unpaired) electrons. The quantitative estimate of drug-likeness (QED) is 0.871. The van der Waals surface area contributed by atoms with Gasteiger partial charge in [-0.2, -0.15) is 0 Å². The third kappa shape index (κ3) is 3.25. The van der Waals surface area contributed by atoms with E-state index in [4.69, 9.17) is 9.47 Å². The van der Waals surface area contributed by atoms with Gasteiger partial charge in [0.05, 0.1) is 18.5 Å². The first-order valence-corrected chi connectivity index (χ1v) is 7.89. The summed E-state index contributed by atoms with van der Waals surface area (Å²) in [6.07, 6.45) is 7.42. The lowest BCUT2D eigenvalue weighted by Crippen LogP contribution is -2.40. The van der Waals surface area contributed by atoms with Crippen LogP contribution in [-0.2, 0) is 4.74 Å². The highest BCUT2D eigenvalue weighted by Gasteiger charge is 2.24. The Balaban J connectivity index is 1.44. The van der Waals surface area contributed by atoms with Gasteiger partial charge in [0.25, 0.3) is 0 Å². The van der Waals surface area contributed by atoms with Crippen LogP contribution in [-0.4, -0.2) is 47.7 Å². The molecule has 1 aromatic carbocycles. The van der Waals surface area contributed by atoms with E-state index < -0.39 is 0 Å². The van der Waals surface area contributed by atoms with Gasteiger partial charge in [0.2, 0.25) is 0 Å². The van der Waals surface area contributed by atoms with Crippen LogP contribution < -0.4 is 4.74 Å². The van der Waals surface area contributed by atoms with Gasteiger partial charge in [0, 0.05) is 37.6 Å². The highest BCUT2D eigenvalue weighted by molar-refractivity contribution is 5.62. The molecule has 1 atom stereocenters. The van der Waals surface area contributed by atoms with E-state index in [-0.39, 0.29) is 6.10 Å². The van der Waals surface area contributed by atoms with Crippen molar-refractivity contribution in [1.29, 1.82) is 0 Å². The minimum absolute atomic E-state index is 0.00477. The SMILES string of the molecule is C1=C(CN2CCOC(c3cnccn3)C2)COc2ccccc21. The van der Waals surface area contributed by atoms with Gasteiger partial charge in [-0.1, -0.05) is 18.2 Å². The van der Waals surface area contributed by atoms with Gasteiger partial charge in [0.1, 0.15) is 18.5 Å². The smallest absolute Gasteiger partial charge is 0.127 e. The predicted molar refractivity (Wildman–Crippen MR) is 87.1 cm³/mol. The Morgan fingerprint density at radius 1 is 1.22 bits per heavy atom. The normalized spacial score (nSPS) is 21.2. The number of hydrogen-bond acceptors (Lipinski definition) is 5. The minimum Gasteiger partial charge on any atom is -0.489 e. The fourth-order valence-corrected chi connectivity index (χ4v) is 3.04. The molecule has 3 heterocycles. The molecule has 1 aromatic heterocycles. The number of para-hydroxylation sites is 1. The zero-order chi connectivity index (χ0) is 15.5. The zero-order valence-electron chi connectivity index (χ0n) is 12.9. The van der Waals surface area contributed by atoms with Crippen molar-refractivity contribution in [3.8, 4) is 5.75 Å². The molecule has 0 N–H and O–H groups in total. The lowest BCUT2D eigenvalue weighted by atomic mass is 10.1. The van der Waals surface area contributed by atoms with Crippen LogP contribution >= 0.6 is 0 Å². The molecule has 0 amide bonds. The summed E-state index contributed by atoms with van der Waals surface area (Å²) in [5, 5.41) is 0. The van der Waals surface area contributed by atoms with Crippen molar-refractivity contribution in [2.45, 2.75) is 6.10 Å². The number of rotatable bonds is 3. The molecule has 5 heteroatoms. The van der Waals surface area contributed by atoms with Crippen LogP contribution in [0.15, 0.2) is 48.4 Å². The summed E-state index contributed by atoms with van der Waals surface area (Å²) in [7, 11) is 0. The molecule has 118 valence electrons. The maximum atomic E-state index is 5.84. The van der Waals surface area contributed by atoms with Gasteiger partial charge in [-0.25, -0.2) is 0 Å². The summed E-state index contributed by atoms with van der Waals surface area (Å²) in [6.45, 7) is 4.03. The Kier molecular flexibility index (Phi) is 4.05. The molecule has 1 saturated heterocycles. The fraction of sp³-hybridized carbons (Fsp3) is 0.333. The van der Waals surface area contributed by atoms with E-state index in [1.54, 1.807) is 18.6 Å². The van der Waals surface area contributed by atoms with Crippen LogP contribution in [0.25, 0.3) is 6.08 Å². The highest BCUT2D eigenvalue weighted by Crippen LogP contribution is 2.27. The van der Waals surface area contributed by atoms with Crippen LogP contribution in [0.3, 0.4) is 0 Å². The second-order valence-electron chi connectivity index (χ2n) is 5.85. The van der Waals surface area contributed by atoms with E-state index in [1.807, 2.05) is 18.2 Å². The molecular formula is C18H19N3O2. The van der Waals surface area contributed by atoms with Crippen LogP contribution in [0.5, 0.6) is 5.75 Å². The summed E-state index contributed by atoms with van der Waals surface area (Å²) < 4.78 is 11.7. The maximum absolute atomic E-state index is 5.84. The van der Waals surface area contributed by atoms with Crippen molar-refractivity contribution >= 4 is 6.08 Å². The third-order valence-corrected chi connectivity index (χ3v) is 4.18. The second-order valence-corrected chi connectivity index (χ2v) is 5.85. The number of fused-ring (bicyclic) bond motifs is 1. The molecule has 0 spiro atoms. The minimum atomic E-state index is -0.00477. The summed E-state index contributed by atoms with van der Waals surface area (Å²) in [5.74, 6) is 0.968. The first kappa shape index (κ1) is 14.4. The predicted octanol–water partition coefficient (Wildman–Crippen LogP) is 2.33. The van der Waals surface area contributed by atoms with E-state index in [0.717, 1.165) is 36.6 Å². The first-order valence-electron chi connectivity index (χ1n) is 7.89. The van der Waals surface area contributed by atoms with Gasteiger partial charge in [-0.05, 0) is 17.7 Å². The van der Waals surface area contributed by atoms with Crippen LogP contribution in [0.2, 0.25) is 0 Å². The van der Waals surface area contributed by atoms with Gasteiger partial charge < -0.3 is 9.47 Å². The number of ether oxygens (including phenoxy) is 2. The van der Waals surface area contributed by atoms with Gasteiger partial charge in [-0.15, -0.1) is 0 Å². The Morgan fingerprint density at radius 2 is 2.17 bits per heavy atom. The van der Waals surface area contributed by atoms with Crippen LogP contribution in [0, 0.1) is 0 Å².